The molecule has 0 aromatic carbocycles. The first-order valence-corrected chi connectivity index (χ1v) is 6.84. The van der Waals surface area contributed by atoms with Gasteiger partial charge in [0.2, 0.25) is 5.82 Å². The van der Waals surface area contributed by atoms with Crippen LogP contribution < -0.4 is 10.6 Å². The smallest absolute Gasteiger partial charge is 0.374 e. The summed E-state index contributed by atoms with van der Waals surface area (Å²) in [6.07, 6.45) is 5.49. The fraction of sp³-hybridized carbons (Fsp3) is 0.615. The van der Waals surface area contributed by atoms with Gasteiger partial charge in [-0.15, -0.1) is 0 Å². The minimum absolute atomic E-state index is 0.0962. The van der Waals surface area contributed by atoms with E-state index in [1.807, 2.05) is 0 Å². The van der Waals surface area contributed by atoms with E-state index < -0.39 is 5.97 Å². The van der Waals surface area contributed by atoms with Crippen molar-refractivity contribution in [3.05, 3.63) is 17.1 Å². The fourth-order valence-electron chi connectivity index (χ4n) is 2.82. The van der Waals surface area contributed by atoms with Gasteiger partial charge in [-0.25, -0.2) is 14.8 Å². The van der Waals surface area contributed by atoms with Gasteiger partial charge in [-0.3, -0.25) is 0 Å². The first-order chi connectivity index (χ1) is 9.24. The van der Waals surface area contributed by atoms with Crippen molar-refractivity contribution < 1.29 is 9.90 Å². The lowest BCUT2D eigenvalue weighted by atomic mass is 10.1. The maximum Gasteiger partial charge on any atom is 0.374 e. The summed E-state index contributed by atoms with van der Waals surface area (Å²) in [6.45, 7) is 1.55. The molecule has 0 unspecified atom stereocenters. The minimum Gasteiger partial charge on any atom is -0.475 e. The number of carboxylic acids is 1. The molecule has 0 spiro atoms. The molecule has 0 amide bonds. The molecular formula is C13H18N4O2. The third-order valence-electron chi connectivity index (χ3n) is 3.82. The molecule has 2 heterocycles. The zero-order chi connectivity index (χ0) is 13.2. The minimum atomic E-state index is -1.06. The van der Waals surface area contributed by atoms with Crippen LogP contribution in [0.2, 0.25) is 0 Å². The molecule has 19 heavy (non-hydrogen) atoms. The number of carboxylic acid groups (broad SMARTS) is 1. The molecule has 0 radical (unpaired) electrons. The van der Waals surface area contributed by atoms with E-state index in [0.29, 0.717) is 18.4 Å². The van der Waals surface area contributed by atoms with Crippen molar-refractivity contribution in [3.8, 4) is 0 Å². The van der Waals surface area contributed by atoms with E-state index in [4.69, 9.17) is 5.11 Å². The Morgan fingerprint density at radius 3 is 2.84 bits per heavy atom. The molecule has 0 saturated heterocycles. The van der Waals surface area contributed by atoms with E-state index in [9.17, 15) is 4.79 Å². The average molecular weight is 262 g/mol. The topological polar surface area (TPSA) is 87.1 Å². The second-order valence-electron chi connectivity index (χ2n) is 5.18. The highest BCUT2D eigenvalue weighted by molar-refractivity contribution is 5.83. The van der Waals surface area contributed by atoms with Gasteiger partial charge in [0.05, 0.1) is 5.69 Å². The van der Waals surface area contributed by atoms with Crippen LogP contribution >= 0.6 is 0 Å². The van der Waals surface area contributed by atoms with E-state index in [-0.39, 0.29) is 5.82 Å². The summed E-state index contributed by atoms with van der Waals surface area (Å²) in [4.78, 5) is 19.5. The van der Waals surface area contributed by atoms with Crippen LogP contribution in [0.5, 0.6) is 0 Å². The largest absolute Gasteiger partial charge is 0.475 e. The zero-order valence-electron chi connectivity index (χ0n) is 10.8. The molecule has 1 fully saturated rings. The summed E-state index contributed by atoms with van der Waals surface area (Å²) < 4.78 is 0. The standard InChI is InChI=1S/C13H18N4O2/c18-13(19)12-16-10-5-6-14-7-9(10)11(17-12)15-8-3-1-2-4-8/h8,14H,1-7H2,(H,18,19)(H,15,16,17). The molecule has 6 heteroatoms. The second kappa shape index (κ2) is 5.13. The highest BCUT2D eigenvalue weighted by Crippen LogP contribution is 2.25. The molecule has 3 N–H and O–H groups in total. The van der Waals surface area contributed by atoms with Crippen molar-refractivity contribution >= 4 is 11.8 Å². The number of carbonyl (C=O) groups is 1. The van der Waals surface area contributed by atoms with Gasteiger partial charge in [-0.2, -0.15) is 0 Å². The van der Waals surface area contributed by atoms with Crippen LogP contribution in [0.25, 0.3) is 0 Å². The quantitative estimate of drug-likeness (QED) is 0.758. The van der Waals surface area contributed by atoms with Gasteiger partial charge >= 0.3 is 5.97 Å². The molecule has 0 bridgehead atoms. The Morgan fingerprint density at radius 2 is 2.11 bits per heavy atom. The Morgan fingerprint density at radius 1 is 1.32 bits per heavy atom. The van der Waals surface area contributed by atoms with Crippen molar-refractivity contribution in [2.45, 2.75) is 44.7 Å². The summed E-state index contributed by atoms with van der Waals surface area (Å²) in [5.74, 6) is -0.446. The maximum atomic E-state index is 11.1. The summed E-state index contributed by atoms with van der Waals surface area (Å²) >= 11 is 0. The van der Waals surface area contributed by atoms with Gasteiger partial charge in [-0.05, 0) is 12.8 Å². The Bertz CT molecular complexity index is 498. The molecule has 3 rings (SSSR count). The highest BCUT2D eigenvalue weighted by Gasteiger charge is 2.23. The molecule has 2 aliphatic rings. The molecule has 102 valence electrons. The first-order valence-electron chi connectivity index (χ1n) is 6.84. The van der Waals surface area contributed by atoms with Crippen LogP contribution in [0.15, 0.2) is 0 Å². The number of anilines is 1. The molecule has 1 aliphatic heterocycles. The number of fused-ring (bicyclic) bond motifs is 1. The number of hydrogen-bond acceptors (Lipinski definition) is 5. The normalized spacial score (nSPS) is 19.2. The molecule has 1 saturated carbocycles. The number of rotatable bonds is 3. The van der Waals surface area contributed by atoms with Crippen LogP contribution in [-0.4, -0.2) is 33.6 Å². The molecule has 1 aliphatic carbocycles. The second-order valence-corrected chi connectivity index (χ2v) is 5.18. The van der Waals surface area contributed by atoms with Gasteiger partial charge < -0.3 is 15.7 Å². The molecule has 0 atom stereocenters. The van der Waals surface area contributed by atoms with E-state index in [1.54, 1.807) is 0 Å². The zero-order valence-corrected chi connectivity index (χ0v) is 10.8. The highest BCUT2D eigenvalue weighted by atomic mass is 16.4. The molecule has 1 aromatic heterocycles. The Labute approximate surface area is 111 Å². The molecule has 6 nitrogen and oxygen atoms in total. The third kappa shape index (κ3) is 2.53. The summed E-state index contributed by atoms with van der Waals surface area (Å²) in [6, 6.07) is 0.419. The lowest BCUT2D eigenvalue weighted by molar-refractivity contribution is 0.0683. The van der Waals surface area contributed by atoms with E-state index >= 15 is 0 Å². The molecular weight excluding hydrogens is 244 g/mol. The third-order valence-corrected chi connectivity index (χ3v) is 3.82. The maximum absolute atomic E-state index is 11.1. The van der Waals surface area contributed by atoms with Gasteiger partial charge in [0.15, 0.2) is 0 Å². The Hall–Kier alpha value is -1.69. The van der Waals surface area contributed by atoms with Gasteiger partial charge in [0, 0.05) is 31.1 Å². The van der Waals surface area contributed by atoms with Crippen LogP contribution in [0.1, 0.15) is 47.6 Å². The van der Waals surface area contributed by atoms with Gasteiger partial charge in [0.25, 0.3) is 0 Å². The van der Waals surface area contributed by atoms with E-state index in [2.05, 4.69) is 20.6 Å². The Balaban J connectivity index is 1.94. The van der Waals surface area contributed by atoms with Crippen LogP contribution in [0.3, 0.4) is 0 Å². The number of nitrogens with zero attached hydrogens (tertiary/aromatic N) is 2. The Kier molecular flexibility index (Phi) is 3.33. The fourth-order valence-corrected chi connectivity index (χ4v) is 2.82. The van der Waals surface area contributed by atoms with Crippen molar-refractivity contribution in [1.82, 2.24) is 15.3 Å². The summed E-state index contributed by atoms with van der Waals surface area (Å²) in [7, 11) is 0. The van der Waals surface area contributed by atoms with Crippen molar-refractivity contribution in [3.63, 3.8) is 0 Å². The first kappa shape index (κ1) is 12.3. The van der Waals surface area contributed by atoms with E-state index in [1.165, 1.54) is 12.8 Å². The van der Waals surface area contributed by atoms with Crippen LogP contribution in [0.4, 0.5) is 5.82 Å². The predicted octanol–water partition coefficient (Wildman–Crippen LogP) is 1.17. The monoisotopic (exact) mass is 262 g/mol. The van der Waals surface area contributed by atoms with Gasteiger partial charge in [-0.1, -0.05) is 12.8 Å². The molecule has 1 aromatic rings. The van der Waals surface area contributed by atoms with Crippen molar-refractivity contribution in [2.75, 3.05) is 11.9 Å². The van der Waals surface area contributed by atoms with Gasteiger partial charge in [0.1, 0.15) is 5.82 Å². The summed E-state index contributed by atoms with van der Waals surface area (Å²) in [5.41, 5.74) is 1.90. The predicted molar refractivity (Wildman–Crippen MR) is 70.3 cm³/mol. The number of hydrogen-bond donors (Lipinski definition) is 3. The van der Waals surface area contributed by atoms with Crippen LogP contribution in [0, 0.1) is 0 Å². The lowest BCUT2D eigenvalue weighted by Gasteiger charge is -2.22. The summed E-state index contributed by atoms with van der Waals surface area (Å²) in [5, 5.41) is 15.8. The van der Waals surface area contributed by atoms with Crippen LogP contribution in [-0.2, 0) is 13.0 Å². The number of nitrogens with one attached hydrogen (secondary N) is 2. The van der Waals surface area contributed by atoms with Crippen molar-refractivity contribution in [2.24, 2.45) is 0 Å². The number of aromatic carboxylic acids is 1. The average Bonchev–Trinajstić information content (AvgIpc) is 2.91. The number of aromatic nitrogens is 2. The lowest BCUT2D eigenvalue weighted by Crippen LogP contribution is -2.29. The van der Waals surface area contributed by atoms with Crippen molar-refractivity contribution in [1.29, 1.82) is 0 Å². The van der Waals surface area contributed by atoms with E-state index in [0.717, 1.165) is 37.1 Å². The SMILES string of the molecule is O=C(O)c1nc2c(c(NC3CCCC3)n1)CNCC2.